The molecule has 8 nitrogen and oxygen atoms in total. The Morgan fingerprint density at radius 2 is 1.88 bits per heavy atom. The molecule has 2 saturated heterocycles. The summed E-state index contributed by atoms with van der Waals surface area (Å²) in [6.45, 7) is 6.07. The van der Waals surface area contributed by atoms with E-state index in [1.165, 1.54) is 23.3 Å². The molecule has 0 spiro atoms. The Morgan fingerprint density at radius 1 is 1.21 bits per heavy atom. The average Bonchev–Trinajstić information content (AvgIpc) is 3.37. The number of hydrogen-bond donors (Lipinski definition) is 0. The highest BCUT2D eigenvalue weighted by Crippen LogP contribution is 2.44. The van der Waals surface area contributed by atoms with Crippen molar-refractivity contribution in [2.24, 2.45) is 0 Å². The molecule has 192 valence electrons. The minimum atomic E-state index is -4.25. The van der Waals surface area contributed by atoms with Gasteiger partial charge in [0.15, 0.2) is 11.0 Å². The minimum Gasteiger partial charge on any atom is -0.469 e. The molecule has 2 atom stereocenters. The third kappa shape index (κ3) is 6.46. The van der Waals surface area contributed by atoms with E-state index in [9.17, 15) is 22.8 Å². The number of methoxy groups -OCH3 is 1. The Morgan fingerprint density at radius 3 is 2.47 bits per heavy atom. The van der Waals surface area contributed by atoms with E-state index in [0.29, 0.717) is 32.5 Å². The molecular formula is C22H34F3N4O4S+. The van der Waals surface area contributed by atoms with Crippen molar-refractivity contribution >= 4 is 23.4 Å². The van der Waals surface area contributed by atoms with Crippen molar-refractivity contribution in [2.75, 3.05) is 46.4 Å². The zero-order valence-electron chi connectivity index (χ0n) is 20.2. The van der Waals surface area contributed by atoms with Crippen molar-refractivity contribution in [3.05, 3.63) is 16.1 Å². The van der Waals surface area contributed by atoms with Crippen molar-refractivity contribution in [1.29, 1.82) is 0 Å². The van der Waals surface area contributed by atoms with Gasteiger partial charge in [0.05, 0.1) is 33.2 Å². The van der Waals surface area contributed by atoms with Crippen LogP contribution in [0, 0.1) is 0 Å². The van der Waals surface area contributed by atoms with Gasteiger partial charge < -0.3 is 9.47 Å². The van der Waals surface area contributed by atoms with Crippen molar-refractivity contribution < 1.29 is 36.8 Å². The van der Waals surface area contributed by atoms with E-state index in [1.54, 1.807) is 6.20 Å². The van der Waals surface area contributed by atoms with Crippen LogP contribution in [0.5, 0.6) is 0 Å². The maximum atomic E-state index is 13.7. The predicted octanol–water partition coefficient (Wildman–Crippen LogP) is 3.93. The first kappa shape index (κ1) is 26.8. The molecule has 1 aromatic rings. The summed E-state index contributed by atoms with van der Waals surface area (Å²) < 4.78 is 49.1. The molecule has 2 aliphatic rings. The third-order valence-electron chi connectivity index (χ3n) is 6.12. The highest BCUT2D eigenvalue weighted by molar-refractivity contribution is 7.11. The zero-order valence-corrected chi connectivity index (χ0v) is 21.0. The number of nitrogens with zero attached hydrogens (tertiary/aromatic N) is 4. The molecule has 1 amide bonds. The molecule has 0 aliphatic carbocycles. The van der Waals surface area contributed by atoms with Gasteiger partial charge in [-0.25, -0.2) is 4.98 Å². The predicted molar refractivity (Wildman–Crippen MR) is 120 cm³/mol. The number of carbonyl (C=O) groups excluding carboxylic acids is 2. The topological polar surface area (TPSA) is 72.0 Å². The van der Waals surface area contributed by atoms with Crippen LogP contribution in [-0.4, -0.2) is 89.7 Å². The summed E-state index contributed by atoms with van der Waals surface area (Å²) in [6, 6.07) is -0.277. The zero-order chi connectivity index (χ0) is 25.1. The monoisotopic (exact) mass is 507 g/mol. The second-order valence-corrected chi connectivity index (χ2v) is 10.9. The van der Waals surface area contributed by atoms with E-state index < -0.39 is 24.4 Å². The number of quaternary nitrogens is 1. The molecule has 0 radical (unpaired) electrons. The molecule has 2 aliphatic heterocycles. The van der Waals surface area contributed by atoms with E-state index in [4.69, 9.17) is 9.47 Å². The molecule has 3 heterocycles. The third-order valence-corrected chi connectivity index (χ3v) is 7.28. The van der Waals surface area contributed by atoms with E-state index in [1.807, 2.05) is 25.8 Å². The van der Waals surface area contributed by atoms with Crippen molar-refractivity contribution in [3.63, 3.8) is 0 Å². The van der Waals surface area contributed by atoms with Crippen LogP contribution >= 0.6 is 11.3 Å². The number of rotatable bonds is 6. The summed E-state index contributed by atoms with van der Waals surface area (Å²) in [7, 11) is 1.35. The van der Waals surface area contributed by atoms with Crippen LogP contribution in [0.1, 0.15) is 56.0 Å². The van der Waals surface area contributed by atoms with Gasteiger partial charge in [-0.3, -0.25) is 9.69 Å². The largest absolute Gasteiger partial charge is 0.537 e. The Labute approximate surface area is 202 Å². The van der Waals surface area contributed by atoms with E-state index in [2.05, 4.69) is 4.98 Å². The molecule has 0 saturated carbocycles. The summed E-state index contributed by atoms with van der Waals surface area (Å²) >= 11 is 1.46. The second kappa shape index (κ2) is 10.5. The highest BCUT2D eigenvalue weighted by Gasteiger charge is 2.58. The van der Waals surface area contributed by atoms with Crippen LogP contribution in [0.3, 0.4) is 0 Å². The quantitative estimate of drug-likeness (QED) is 0.427. The molecule has 0 aromatic carbocycles. The molecule has 12 heteroatoms. The summed E-state index contributed by atoms with van der Waals surface area (Å²) in [5.41, 5.74) is -0.706. The first-order valence-corrected chi connectivity index (χ1v) is 12.3. The normalized spacial score (nSPS) is 24.9. The van der Waals surface area contributed by atoms with Gasteiger partial charge in [0.25, 0.3) is 0 Å². The van der Waals surface area contributed by atoms with E-state index in [-0.39, 0.29) is 36.1 Å². The molecule has 1 unspecified atom stereocenters. The Kier molecular flexibility index (Phi) is 8.26. The van der Waals surface area contributed by atoms with Crippen LogP contribution in [0.15, 0.2) is 6.20 Å². The first-order valence-electron chi connectivity index (χ1n) is 11.5. The lowest BCUT2D eigenvalue weighted by Gasteiger charge is -2.46. The van der Waals surface area contributed by atoms with Crippen molar-refractivity contribution in [2.45, 2.75) is 64.3 Å². The lowest BCUT2D eigenvalue weighted by Crippen LogP contribution is -2.68. The second-order valence-electron chi connectivity index (χ2n) is 9.77. The van der Waals surface area contributed by atoms with Crippen LogP contribution in [0.4, 0.5) is 18.0 Å². The Bertz CT molecular complexity index is 865. The number of ether oxygens (including phenoxy) is 2. The van der Waals surface area contributed by atoms with Crippen LogP contribution < -0.4 is 0 Å². The number of aryl methyl sites for hydroxylation is 1. The highest BCUT2D eigenvalue weighted by atomic mass is 32.1. The Balaban J connectivity index is 1.85. The fourth-order valence-corrected chi connectivity index (χ4v) is 5.75. The van der Waals surface area contributed by atoms with Crippen molar-refractivity contribution in [1.82, 2.24) is 14.9 Å². The Hall–Kier alpha value is -1.76. The lowest BCUT2D eigenvalue weighted by molar-refractivity contribution is -0.988. The van der Waals surface area contributed by atoms with Gasteiger partial charge in [-0.1, -0.05) is 0 Å². The van der Waals surface area contributed by atoms with Crippen LogP contribution in [-0.2, 0) is 20.7 Å². The fourth-order valence-electron chi connectivity index (χ4n) is 4.64. The van der Waals surface area contributed by atoms with Gasteiger partial charge in [-0.05, 0) is 27.2 Å². The number of amides is 1. The van der Waals surface area contributed by atoms with E-state index >= 15 is 0 Å². The van der Waals surface area contributed by atoms with Gasteiger partial charge in [-0.2, -0.15) is 18.0 Å². The minimum absolute atomic E-state index is 0.0823. The first-order chi connectivity index (χ1) is 15.8. The molecule has 1 aromatic heterocycles. The van der Waals surface area contributed by atoms with Gasteiger partial charge in [-0.15, -0.1) is 20.9 Å². The maximum absolute atomic E-state index is 13.7. The molecule has 34 heavy (non-hydrogen) atoms. The summed E-state index contributed by atoms with van der Waals surface area (Å²) in [4.78, 5) is 32.1. The number of thiazole rings is 1. The summed E-state index contributed by atoms with van der Waals surface area (Å²) in [5, 5.41) is 2.75. The number of carbonyl (C=O) groups is 2. The van der Waals surface area contributed by atoms with E-state index in [0.717, 1.165) is 16.3 Å². The average molecular weight is 508 g/mol. The molecule has 0 bridgehead atoms. The SMILES string of the molecule is COC(=O)CCc1cnc([C@@H]2CCC[N+]2(C(=O)OC(C)(C)C)N2CCN(CC(F)(F)F)CC2)s1. The van der Waals surface area contributed by atoms with Crippen LogP contribution in [0.2, 0.25) is 0 Å². The molecule has 3 rings (SSSR count). The number of hydrogen-bond acceptors (Lipinski definition) is 8. The molecular weight excluding hydrogens is 473 g/mol. The number of esters is 1. The maximum Gasteiger partial charge on any atom is 0.537 e. The summed E-state index contributed by atoms with van der Waals surface area (Å²) in [5.74, 6) is -0.300. The number of likely N-dealkylation sites (tertiary alicyclic amines) is 1. The molecule has 0 N–H and O–H groups in total. The van der Waals surface area contributed by atoms with Crippen LogP contribution in [0.25, 0.3) is 0 Å². The fraction of sp³-hybridized carbons (Fsp3) is 0.773. The van der Waals surface area contributed by atoms with Gasteiger partial charge in [0.2, 0.25) is 0 Å². The lowest BCUT2D eigenvalue weighted by atomic mass is 10.2. The van der Waals surface area contributed by atoms with Crippen molar-refractivity contribution in [3.8, 4) is 0 Å². The van der Waals surface area contributed by atoms with Gasteiger partial charge >= 0.3 is 18.2 Å². The standard InChI is InChI=1S/C22H34F3N4O4S/c1-21(2,3)33-20(31)29(28-11-9-27(10-12-28)15-22(23,24)25)13-5-6-17(29)19-26-14-16(34-19)7-8-18(30)32-4/h14,17H,5-13,15H2,1-4H3/q+1/t17-,29?/m0/s1. The number of halogens is 3. The molecule has 2 fully saturated rings. The number of piperazine rings is 1. The smallest absolute Gasteiger partial charge is 0.469 e. The number of aromatic nitrogens is 1. The number of alkyl halides is 3. The summed E-state index contributed by atoms with van der Waals surface area (Å²) in [6.07, 6.45) is -0.694. The van der Waals surface area contributed by atoms with Gasteiger partial charge in [0.1, 0.15) is 12.1 Å². The van der Waals surface area contributed by atoms with Gasteiger partial charge in [0, 0.05) is 37.0 Å².